The summed E-state index contributed by atoms with van der Waals surface area (Å²) in [6.07, 6.45) is 7.66. The Kier molecular flexibility index (Phi) is 7.73. The highest BCUT2D eigenvalue weighted by molar-refractivity contribution is 14.0. The molecule has 1 aliphatic heterocycles. The molecule has 0 radical (unpaired) electrons. The molecule has 0 bridgehead atoms. The van der Waals surface area contributed by atoms with Crippen LogP contribution >= 0.6 is 24.0 Å². The lowest BCUT2D eigenvalue weighted by Gasteiger charge is -2.19. The zero-order chi connectivity index (χ0) is 16.1. The van der Waals surface area contributed by atoms with Gasteiger partial charge in [-0.2, -0.15) is 0 Å². The molecular formula is C16H29IN6O. The van der Waals surface area contributed by atoms with Crippen LogP contribution in [0.3, 0.4) is 0 Å². The topological polar surface area (TPSA) is 76.4 Å². The van der Waals surface area contributed by atoms with Gasteiger partial charge in [0.05, 0.1) is 6.10 Å². The molecule has 24 heavy (non-hydrogen) atoms. The molecule has 1 saturated carbocycles. The van der Waals surface area contributed by atoms with Crippen molar-refractivity contribution in [2.75, 3.05) is 13.2 Å². The van der Waals surface area contributed by atoms with Gasteiger partial charge in [-0.1, -0.05) is 12.8 Å². The summed E-state index contributed by atoms with van der Waals surface area (Å²) in [5.74, 6) is 2.66. The highest BCUT2D eigenvalue weighted by Crippen LogP contribution is 2.17. The maximum absolute atomic E-state index is 5.69. The van der Waals surface area contributed by atoms with Crippen molar-refractivity contribution in [1.29, 1.82) is 0 Å². The van der Waals surface area contributed by atoms with E-state index in [1.807, 2.05) is 18.5 Å². The van der Waals surface area contributed by atoms with Gasteiger partial charge in [-0.3, -0.25) is 0 Å². The summed E-state index contributed by atoms with van der Waals surface area (Å²) < 4.78 is 7.67. The molecule has 0 aromatic carbocycles. The fraction of sp³-hybridized carbons (Fsp3) is 0.812. The number of hydrogen-bond acceptors (Lipinski definition) is 4. The van der Waals surface area contributed by atoms with Crippen molar-refractivity contribution in [1.82, 2.24) is 25.4 Å². The molecule has 8 heteroatoms. The number of rotatable bonds is 5. The first-order valence-electron chi connectivity index (χ1n) is 8.73. The summed E-state index contributed by atoms with van der Waals surface area (Å²) >= 11 is 0. The fourth-order valence-electron chi connectivity index (χ4n) is 3.17. The second kappa shape index (κ2) is 9.55. The molecule has 1 atom stereocenters. The number of aryl methyl sites for hydroxylation is 1. The van der Waals surface area contributed by atoms with Crippen LogP contribution in [0.25, 0.3) is 0 Å². The van der Waals surface area contributed by atoms with E-state index >= 15 is 0 Å². The fourth-order valence-corrected chi connectivity index (χ4v) is 3.17. The molecule has 2 heterocycles. The normalized spacial score (nSPS) is 21.8. The van der Waals surface area contributed by atoms with E-state index in [2.05, 4.69) is 20.8 Å². The lowest BCUT2D eigenvalue weighted by atomic mass is 10.2. The summed E-state index contributed by atoms with van der Waals surface area (Å²) in [4.78, 5) is 4.71. The van der Waals surface area contributed by atoms with Crippen LogP contribution in [0.1, 0.15) is 50.2 Å². The Hall–Kier alpha value is -0.900. The minimum absolute atomic E-state index is 0. The monoisotopic (exact) mass is 448 g/mol. The third-order valence-corrected chi connectivity index (χ3v) is 4.78. The number of hydrogen-bond donors (Lipinski definition) is 2. The van der Waals surface area contributed by atoms with E-state index in [0.29, 0.717) is 18.7 Å². The standard InChI is InChI=1S/C16H28N6O.HI/c1-12-20-21-15(22(12)2)11-18-16(19-13-6-3-4-7-13)17-10-14-8-5-9-23-14;/h13-14H,3-11H2,1-2H3,(H2,17,18,19);1H. The van der Waals surface area contributed by atoms with E-state index in [4.69, 9.17) is 9.73 Å². The highest BCUT2D eigenvalue weighted by atomic mass is 127. The first-order chi connectivity index (χ1) is 11.2. The summed E-state index contributed by atoms with van der Waals surface area (Å²) in [5.41, 5.74) is 0. The number of ether oxygens (including phenoxy) is 1. The molecule has 1 unspecified atom stereocenters. The largest absolute Gasteiger partial charge is 0.376 e. The van der Waals surface area contributed by atoms with Gasteiger partial charge in [-0.05, 0) is 32.6 Å². The second-order valence-electron chi connectivity index (χ2n) is 6.53. The van der Waals surface area contributed by atoms with Crippen molar-refractivity contribution in [2.24, 2.45) is 12.0 Å². The number of aliphatic imine (C=N–C) groups is 1. The molecule has 2 fully saturated rings. The van der Waals surface area contributed by atoms with Crippen molar-refractivity contribution in [3.05, 3.63) is 11.6 Å². The predicted molar refractivity (Wildman–Crippen MR) is 105 cm³/mol. The molecule has 1 saturated heterocycles. The van der Waals surface area contributed by atoms with Crippen LogP contribution in [0.2, 0.25) is 0 Å². The summed E-state index contributed by atoms with van der Waals surface area (Å²) in [5, 5.41) is 15.3. The first-order valence-corrected chi connectivity index (χ1v) is 8.73. The van der Waals surface area contributed by atoms with E-state index < -0.39 is 0 Å². The van der Waals surface area contributed by atoms with E-state index in [1.54, 1.807) is 0 Å². The van der Waals surface area contributed by atoms with Gasteiger partial charge in [0.2, 0.25) is 0 Å². The van der Waals surface area contributed by atoms with Gasteiger partial charge in [0.1, 0.15) is 12.4 Å². The number of guanidine groups is 1. The third-order valence-electron chi connectivity index (χ3n) is 4.78. The molecule has 2 aliphatic rings. The van der Waals surface area contributed by atoms with Gasteiger partial charge in [0.15, 0.2) is 11.8 Å². The summed E-state index contributed by atoms with van der Waals surface area (Å²) in [7, 11) is 1.98. The molecule has 7 nitrogen and oxygen atoms in total. The molecule has 0 amide bonds. The Morgan fingerprint density at radius 1 is 1.25 bits per heavy atom. The van der Waals surface area contributed by atoms with Crippen LogP contribution in [0.4, 0.5) is 0 Å². The molecular weight excluding hydrogens is 419 g/mol. The quantitative estimate of drug-likeness (QED) is 0.409. The number of nitrogens with zero attached hydrogens (tertiary/aromatic N) is 4. The molecule has 1 aliphatic carbocycles. The van der Waals surface area contributed by atoms with Gasteiger partial charge in [-0.25, -0.2) is 4.99 Å². The Balaban J connectivity index is 0.00000208. The SMILES string of the molecule is Cc1nnc(CN=C(NCC2CCCO2)NC2CCCC2)n1C.I. The average Bonchev–Trinajstić information content (AvgIpc) is 3.28. The molecule has 2 N–H and O–H groups in total. The van der Waals surface area contributed by atoms with Gasteiger partial charge in [-0.15, -0.1) is 34.2 Å². The maximum Gasteiger partial charge on any atom is 0.192 e. The van der Waals surface area contributed by atoms with Crippen LogP contribution in [-0.2, 0) is 18.3 Å². The van der Waals surface area contributed by atoms with Gasteiger partial charge in [0, 0.05) is 26.2 Å². The van der Waals surface area contributed by atoms with Gasteiger partial charge >= 0.3 is 0 Å². The Labute approximate surface area is 161 Å². The van der Waals surface area contributed by atoms with Crippen molar-refractivity contribution >= 4 is 29.9 Å². The van der Waals surface area contributed by atoms with E-state index in [9.17, 15) is 0 Å². The zero-order valence-corrected chi connectivity index (χ0v) is 17.0. The molecule has 1 aromatic heterocycles. The average molecular weight is 448 g/mol. The highest BCUT2D eigenvalue weighted by Gasteiger charge is 2.19. The van der Waals surface area contributed by atoms with E-state index in [1.165, 1.54) is 25.7 Å². The van der Waals surface area contributed by atoms with Crippen LogP contribution in [-0.4, -0.2) is 46.0 Å². The molecule has 136 valence electrons. The summed E-state index contributed by atoms with van der Waals surface area (Å²) in [6.45, 7) is 4.18. The van der Waals surface area contributed by atoms with Crippen molar-refractivity contribution in [3.63, 3.8) is 0 Å². The smallest absolute Gasteiger partial charge is 0.192 e. The zero-order valence-electron chi connectivity index (χ0n) is 14.6. The van der Waals surface area contributed by atoms with Crippen LogP contribution in [0.15, 0.2) is 4.99 Å². The Morgan fingerprint density at radius 2 is 2.04 bits per heavy atom. The van der Waals surface area contributed by atoms with Gasteiger partial charge < -0.3 is 19.9 Å². The first kappa shape index (κ1) is 19.4. The number of halogens is 1. The van der Waals surface area contributed by atoms with Crippen molar-refractivity contribution in [2.45, 2.75) is 64.1 Å². The summed E-state index contributed by atoms with van der Waals surface area (Å²) in [6, 6.07) is 0.534. The van der Waals surface area contributed by atoms with Crippen molar-refractivity contribution in [3.8, 4) is 0 Å². The van der Waals surface area contributed by atoms with E-state index in [0.717, 1.165) is 43.6 Å². The van der Waals surface area contributed by atoms with Crippen LogP contribution in [0, 0.1) is 6.92 Å². The minimum atomic E-state index is 0. The van der Waals surface area contributed by atoms with E-state index in [-0.39, 0.29) is 24.0 Å². The minimum Gasteiger partial charge on any atom is -0.376 e. The second-order valence-corrected chi connectivity index (χ2v) is 6.53. The number of nitrogens with one attached hydrogen (secondary N) is 2. The van der Waals surface area contributed by atoms with Crippen LogP contribution in [0.5, 0.6) is 0 Å². The maximum atomic E-state index is 5.69. The van der Waals surface area contributed by atoms with Crippen LogP contribution < -0.4 is 10.6 Å². The predicted octanol–water partition coefficient (Wildman–Crippen LogP) is 1.90. The Bertz CT molecular complexity index is 535. The number of aromatic nitrogens is 3. The lowest BCUT2D eigenvalue weighted by Crippen LogP contribution is -2.45. The molecule has 1 aromatic rings. The molecule has 0 spiro atoms. The Morgan fingerprint density at radius 3 is 2.67 bits per heavy atom. The van der Waals surface area contributed by atoms with Crippen molar-refractivity contribution < 1.29 is 4.74 Å². The van der Waals surface area contributed by atoms with Gasteiger partial charge in [0.25, 0.3) is 0 Å². The third kappa shape index (κ3) is 5.30. The lowest BCUT2D eigenvalue weighted by molar-refractivity contribution is 0.113. The molecule has 3 rings (SSSR count).